The molecular weight excluding hydrogens is 390 g/mol. The van der Waals surface area contributed by atoms with Gasteiger partial charge in [0.2, 0.25) is 5.91 Å². The number of esters is 1. The lowest BCUT2D eigenvalue weighted by molar-refractivity contribution is -0.119. The van der Waals surface area contributed by atoms with E-state index in [1.165, 1.54) is 18.9 Å². The van der Waals surface area contributed by atoms with Crippen LogP contribution in [0.15, 0.2) is 28.2 Å². The Morgan fingerprint density at radius 3 is 2.59 bits per heavy atom. The van der Waals surface area contributed by atoms with Gasteiger partial charge in [0.15, 0.2) is 5.16 Å². The molecule has 0 saturated carbocycles. The standard InChI is InChI=1S/C21H29N3O4S/c1-5-8-11-24-19(26)16-10-9-14(20(27)28-4)12-17(16)23-21(24)29-13-18(25)22-15(6-2)7-3/h9-10,12,15H,5-8,11,13H2,1-4H3,(H,22,25). The van der Waals surface area contributed by atoms with E-state index in [1.807, 2.05) is 13.8 Å². The molecule has 0 fully saturated rings. The topological polar surface area (TPSA) is 90.3 Å². The minimum Gasteiger partial charge on any atom is -0.465 e. The van der Waals surface area contributed by atoms with Crippen molar-refractivity contribution in [2.24, 2.45) is 0 Å². The third kappa shape index (κ3) is 5.82. The molecule has 29 heavy (non-hydrogen) atoms. The largest absolute Gasteiger partial charge is 0.465 e. The average molecular weight is 420 g/mol. The molecule has 1 N–H and O–H groups in total. The van der Waals surface area contributed by atoms with Gasteiger partial charge in [-0.3, -0.25) is 14.2 Å². The molecule has 1 heterocycles. The van der Waals surface area contributed by atoms with E-state index in [9.17, 15) is 14.4 Å². The van der Waals surface area contributed by atoms with Crippen molar-refractivity contribution in [2.45, 2.75) is 64.2 Å². The number of carbonyl (C=O) groups is 2. The zero-order valence-electron chi connectivity index (χ0n) is 17.5. The second-order valence-electron chi connectivity index (χ2n) is 6.80. The van der Waals surface area contributed by atoms with Crippen molar-refractivity contribution >= 4 is 34.5 Å². The lowest BCUT2D eigenvalue weighted by atomic mass is 10.1. The summed E-state index contributed by atoms with van der Waals surface area (Å²) < 4.78 is 6.38. The summed E-state index contributed by atoms with van der Waals surface area (Å²) >= 11 is 1.24. The van der Waals surface area contributed by atoms with E-state index in [0.29, 0.717) is 28.2 Å². The number of amides is 1. The van der Waals surface area contributed by atoms with Crippen LogP contribution in [0, 0.1) is 0 Å². The van der Waals surface area contributed by atoms with Crippen LogP contribution in [0.3, 0.4) is 0 Å². The molecule has 0 saturated heterocycles. The van der Waals surface area contributed by atoms with Gasteiger partial charge in [0.05, 0.1) is 29.3 Å². The molecule has 1 aromatic heterocycles. The molecule has 0 aliphatic rings. The Morgan fingerprint density at radius 1 is 1.24 bits per heavy atom. The summed E-state index contributed by atoms with van der Waals surface area (Å²) in [6.45, 7) is 6.66. The zero-order chi connectivity index (χ0) is 21.4. The fourth-order valence-electron chi connectivity index (χ4n) is 2.96. The summed E-state index contributed by atoms with van der Waals surface area (Å²) in [6, 6.07) is 4.88. The molecule has 158 valence electrons. The number of benzene rings is 1. The van der Waals surface area contributed by atoms with Gasteiger partial charge in [-0.1, -0.05) is 39.0 Å². The number of carbonyl (C=O) groups excluding carboxylic acids is 2. The quantitative estimate of drug-likeness (QED) is 0.361. The molecule has 0 unspecified atom stereocenters. The number of aromatic nitrogens is 2. The minimum absolute atomic E-state index is 0.0802. The van der Waals surface area contributed by atoms with Crippen LogP contribution >= 0.6 is 11.8 Å². The summed E-state index contributed by atoms with van der Waals surface area (Å²) in [6.07, 6.45) is 3.52. The predicted molar refractivity (Wildman–Crippen MR) is 115 cm³/mol. The lowest BCUT2D eigenvalue weighted by Crippen LogP contribution is -2.35. The first kappa shape index (κ1) is 22.9. The van der Waals surface area contributed by atoms with E-state index in [4.69, 9.17) is 4.74 Å². The molecule has 0 radical (unpaired) electrons. The SMILES string of the molecule is CCCCn1c(SCC(=O)NC(CC)CC)nc2cc(C(=O)OC)ccc2c1=O. The lowest BCUT2D eigenvalue weighted by Gasteiger charge is -2.16. The van der Waals surface area contributed by atoms with Crippen molar-refractivity contribution in [1.29, 1.82) is 0 Å². The maximum atomic E-state index is 13.0. The molecule has 1 aromatic carbocycles. The van der Waals surface area contributed by atoms with Gasteiger partial charge in [-0.05, 0) is 37.5 Å². The monoisotopic (exact) mass is 419 g/mol. The molecule has 0 spiro atoms. The number of rotatable bonds is 10. The van der Waals surface area contributed by atoms with Crippen molar-refractivity contribution in [3.63, 3.8) is 0 Å². The highest BCUT2D eigenvalue weighted by Crippen LogP contribution is 2.20. The summed E-state index contributed by atoms with van der Waals surface area (Å²) in [4.78, 5) is 41.7. The first-order valence-electron chi connectivity index (χ1n) is 10.00. The summed E-state index contributed by atoms with van der Waals surface area (Å²) in [5.41, 5.74) is 0.594. The average Bonchev–Trinajstić information content (AvgIpc) is 2.74. The molecule has 0 bridgehead atoms. The number of nitrogens with one attached hydrogen (secondary N) is 1. The molecule has 7 nitrogen and oxygen atoms in total. The molecule has 0 aliphatic heterocycles. The van der Waals surface area contributed by atoms with Crippen molar-refractivity contribution in [3.05, 3.63) is 34.1 Å². The Labute approximate surface area is 175 Å². The Bertz CT molecular complexity index is 922. The van der Waals surface area contributed by atoms with Crippen molar-refractivity contribution in [1.82, 2.24) is 14.9 Å². The van der Waals surface area contributed by atoms with Crippen LogP contribution in [0.25, 0.3) is 10.9 Å². The Morgan fingerprint density at radius 2 is 1.97 bits per heavy atom. The number of ether oxygens (including phenoxy) is 1. The van der Waals surface area contributed by atoms with E-state index >= 15 is 0 Å². The normalized spacial score (nSPS) is 11.1. The van der Waals surface area contributed by atoms with Crippen LogP contribution in [0.1, 0.15) is 56.8 Å². The van der Waals surface area contributed by atoms with Crippen molar-refractivity contribution in [3.8, 4) is 0 Å². The Hall–Kier alpha value is -2.35. The zero-order valence-corrected chi connectivity index (χ0v) is 18.3. The highest BCUT2D eigenvalue weighted by atomic mass is 32.2. The minimum atomic E-state index is -0.484. The number of methoxy groups -OCH3 is 1. The Balaban J connectivity index is 2.37. The summed E-state index contributed by atoms with van der Waals surface area (Å²) in [7, 11) is 1.31. The molecule has 2 aromatic rings. The number of unbranched alkanes of at least 4 members (excludes halogenated alkanes) is 1. The van der Waals surface area contributed by atoms with Gasteiger partial charge in [0.1, 0.15) is 0 Å². The van der Waals surface area contributed by atoms with Gasteiger partial charge < -0.3 is 10.1 Å². The fraction of sp³-hybridized carbons (Fsp3) is 0.524. The Kier molecular flexibility index (Phi) is 8.70. The number of hydrogen-bond acceptors (Lipinski definition) is 6. The van der Waals surface area contributed by atoms with Crippen molar-refractivity contribution in [2.75, 3.05) is 12.9 Å². The molecule has 8 heteroatoms. The van der Waals surface area contributed by atoms with Gasteiger partial charge in [0, 0.05) is 12.6 Å². The van der Waals surface area contributed by atoms with Gasteiger partial charge in [-0.25, -0.2) is 9.78 Å². The van der Waals surface area contributed by atoms with Crippen LogP contribution in [-0.4, -0.2) is 40.3 Å². The van der Waals surface area contributed by atoms with E-state index in [0.717, 1.165) is 25.7 Å². The molecule has 2 rings (SSSR count). The van der Waals surface area contributed by atoms with Crippen LogP contribution in [0.2, 0.25) is 0 Å². The maximum Gasteiger partial charge on any atom is 0.337 e. The predicted octanol–water partition coefficient (Wildman–Crippen LogP) is 3.38. The van der Waals surface area contributed by atoms with Crippen LogP contribution in [0.4, 0.5) is 0 Å². The highest BCUT2D eigenvalue weighted by molar-refractivity contribution is 7.99. The number of hydrogen-bond donors (Lipinski definition) is 1. The third-order valence-electron chi connectivity index (χ3n) is 4.76. The number of thioether (sulfide) groups is 1. The van der Waals surface area contributed by atoms with E-state index in [-0.39, 0.29) is 23.3 Å². The molecule has 0 aliphatic carbocycles. The van der Waals surface area contributed by atoms with Gasteiger partial charge in [0.25, 0.3) is 5.56 Å². The van der Waals surface area contributed by atoms with Crippen molar-refractivity contribution < 1.29 is 14.3 Å². The fourth-order valence-corrected chi connectivity index (χ4v) is 3.80. The van der Waals surface area contributed by atoms with Gasteiger partial charge in [-0.15, -0.1) is 0 Å². The van der Waals surface area contributed by atoms with Crippen LogP contribution in [0.5, 0.6) is 0 Å². The summed E-state index contributed by atoms with van der Waals surface area (Å²) in [5.74, 6) is -0.386. The van der Waals surface area contributed by atoms with E-state index < -0.39 is 5.97 Å². The molecule has 0 atom stereocenters. The smallest absolute Gasteiger partial charge is 0.337 e. The number of fused-ring (bicyclic) bond motifs is 1. The second-order valence-corrected chi connectivity index (χ2v) is 7.74. The first-order valence-corrected chi connectivity index (χ1v) is 11.0. The molecule has 1 amide bonds. The van der Waals surface area contributed by atoms with E-state index in [1.54, 1.807) is 22.8 Å². The summed E-state index contributed by atoms with van der Waals surface area (Å²) in [5, 5.41) is 3.92. The molecular formula is C21H29N3O4S. The van der Waals surface area contributed by atoms with Gasteiger partial charge in [-0.2, -0.15) is 0 Å². The first-order chi connectivity index (χ1) is 13.9. The van der Waals surface area contributed by atoms with Crippen LogP contribution < -0.4 is 10.9 Å². The second kappa shape index (κ2) is 11.0. The maximum absolute atomic E-state index is 13.0. The highest BCUT2D eigenvalue weighted by Gasteiger charge is 2.16. The van der Waals surface area contributed by atoms with E-state index in [2.05, 4.69) is 17.2 Å². The van der Waals surface area contributed by atoms with Crippen LogP contribution in [-0.2, 0) is 16.1 Å². The van der Waals surface area contributed by atoms with Gasteiger partial charge >= 0.3 is 5.97 Å². The third-order valence-corrected chi connectivity index (χ3v) is 5.74. The number of nitrogens with zero attached hydrogens (tertiary/aromatic N) is 2.